The van der Waals surface area contributed by atoms with E-state index in [0.29, 0.717) is 4.90 Å². The third kappa shape index (κ3) is 4.25. The van der Waals surface area contributed by atoms with Crippen LogP contribution >= 0.6 is 0 Å². The molecule has 0 saturated heterocycles. The Morgan fingerprint density at radius 1 is 0.440 bits per heavy atom. The lowest BCUT2D eigenvalue weighted by atomic mass is 9.65. The van der Waals surface area contributed by atoms with Crippen LogP contribution in [0, 0.1) is 0 Å². The zero-order valence-electron chi connectivity index (χ0n) is 27.9. The van der Waals surface area contributed by atoms with Crippen LogP contribution in [0.5, 0.6) is 0 Å². The van der Waals surface area contributed by atoms with Crippen LogP contribution in [0.2, 0.25) is 0 Å². The quantitative estimate of drug-likeness (QED) is 0.184. The highest BCUT2D eigenvalue weighted by atomic mass is 32.2. The first-order valence-electron chi connectivity index (χ1n) is 17.0. The summed E-state index contributed by atoms with van der Waals surface area (Å²) >= 11 is 0. The van der Waals surface area contributed by atoms with E-state index in [0.717, 1.165) is 22.5 Å². The number of benzene rings is 7. The number of anilines is 3. The Morgan fingerprint density at radius 3 is 1.56 bits per heavy atom. The topological polar surface area (TPSA) is 37.4 Å². The maximum absolute atomic E-state index is 13.7. The Bertz CT molecular complexity index is 2480. The molecule has 0 spiro atoms. The predicted octanol–water partition coefficient (Wildman–Crippen LogP) is 11.0. The van der Waals surface area contributed by atoms with Gasteiger partial charge in [0.25, 0.3) is 0 Å². The fourth-order valence-corrected chi connectivity index (χ4v) is 9.72. The maximum atomic E-state index is 13.7. The molecule has 3 nitrogen and oxygen atoms in total. The van der Waals surface area contributed by atoms with Crippen LogP contribution in [0.3, 0.4) is 0 Å². The first kappa shape index (κ1) is 30.4. The van der Waals surface area contributed by atoms with Crippen LogP contribution in [0.4, 0.5) is 17.1 Å². The molecular formula is C46H35NO2S. The number of rotatable bonds is 5. The van der Waals surface area contributed by atoms with E-state index in [1.54, 1.807) is 36.4 Å². The molecule has 4 heteroatoms. The Labute approximate surface area is 294 Å². The summed E-state index contributed by atoms with van der Waals surface area (Å²) in [5, 5.41) is 0. The molecule has 7 aromatic carbocycles. The molecule has 242 valence electrons. The molecule has 9 rings (SSSR count). The third-order valence-corrected chi connectivity index (χ3v) is 12.6. The molecule has 0 amide bonds. The third-order valence-electron chi connectivity index (χ3n) is 10.8. The highest BCUT2D eigenvalue weighted by molar-refractivity contribution is 7.91. The van der Waals surface area contributed by atoms with E-state index in [4.69, 9.17) is 0 Å². The van der Waals surface area contributed by atoms with Gasteiger partial charge in [-0.3, -0.25) is 0 Å². The Hall–Kier alpha value is -5.71. The van der Waals surface area contributed by atoms with Crippen molar-refractivity contribution < 1.29 is 8.42 Å². The van der Waals surface area contributed by atoms with Gasteiger partial charge in [-0.1, -0.05) is 141 Å². The second-order valence-electron chi connectivity index (χ2n) is 13.7. The number of para-hydroxylation sites is 2. The Balaban J connectivity index is 1.31. The molecule has 0 N–H and O–H groups in total. The van der Waals surface area contributed by atoms with Crippen molar-refractivity contribution in [1.29, 1.82) is 0 Å². The van der Waals surface area contributed by atoms with Gasteiger partial charge in [0, 0.05) is 11.1 Å². The van der Waals surface area contributed by atoms with Crippen LogP contribution in [0.25, 0.3) is 11.1 Å². The molecule has 1 heterocycles. The maximum Gasteiger partial charge on any atom is 0.206 e. The van der Waals surface area contributed by atoms with Gasteiger partial charge in [-0.05, 0) is 93.0 Å². The van der Waals surface area contributed by atoms with Gasteiger partial charge in [-0.25, -0.2) is 8.42 Å². The van der Waals surface area contributed by atoms with Crippen molar-refractivity contribution in [2.45, 2.75) is 34.5 Å². The summed E-state index contributed by atoms with van der Waals surface area (Å²) in [5.41, 5.74) is 11.9. The lowest BCUT2D eigenvalue weighted by Crippen LogP contribution is -2.33. The van der Waals surface area contributed by atoms with E-state index >= 15 is 0 Å². The molecule has 1 aliphatic heterocycles. The number of hydrogen-bond acceptors (Lipinski definition) is 3. The highest BCUT2D eigenvalue weighted by Gasteiger charge is 2.47. The summed E-state index contributed by atoms with van der Waals surface area (Å²) in [6.45, 7) is 4.65. The van der Waals surface area contributed by atoms with Crippen molar-refractivity contribution in [2.75, 3.05) is 4.90 Å². The summed E-state index contributed by atoms with van der Waals surface area (Å²) in [6.07, 6.45) is 0. The number of nitrogens with zero attached hydrogens (tertiary/aromatic N) is 1. The van der Waals surface area contributed by atoms with Gasteiger partial charge in [0.2, 0.25) is 9.84 Å². The molecule has 1 aliphatic carbocycles. The molecule has 0 bridgehead atoms. The van der Waals surface area contributed by atoms with Crippen molar-refractivity contribution in [2.24, 2.45) is 0 Å². The largest absolute Gasteiger partial charge is 0.310 e. The molecule has 0 radical (unpaired) electrons. The van der Waals surface area contributed by atoms with E-state index in [2.05, 4.69) is 140 Å². The fraction of sp³-hybridized carbons (Fsp3) is 0.0870. The minimum atomic E-state index is -3.68. The van der Waals surface area contributed by atoms with Gasteiger partial charge >= 0.3 is 0 Å². The van der Waals surface area contributed by atoms with Gasteiger partial charge in [0.1, 0.15) is 0 Å². The molecule has 7 aromatic rings. The van der Waals surface area contributed by atoms with E-state index < -0.39 is 15.3 Å². The smallest absolute Gasteiger partial charge is 0.206 e. The van der Waals surface area contributed by atoms with Crippen molar-refractivity contribution in [3.05, 3.63) is 209 Å². The first-order chi connectivity index (χ1) is 24.3. The van der Waals surface area contributed by atoms with Gasteiger partial charge in [0.15, 0.2) is 0 Å². The van der Waals surface area contributed by atoms with Crippen LogP contribution in [0.1, 0.15) is 47.2 Å². The van der Waals surface area contributed by atoms with Gasteiger partial charge in [-0.15, -0.1) is 0 Å². The number of sulfone groups is 1. The van der Waals surface area contributed by atoms with Crippen LogP contribution in [0.15, 0.2) is 186 Å². The molecule has 50 heavy (non-hydrogen) atoms. The van der Waals surface area contributed by atoms with E-state index in [-0.39, 0.29) is 10.3 Å². The SMILES string of the molecule is CC1(C)c2ccccc2N(c2ccccc2)c2ccc(C3(c4ccc(S(=O)(=O)c5ccccc5)cc4)c4ccccc4-c4ccccc43)cc21. The lowest BCUT2D eigenvalue weighted by molar-refractivity contribution is 0.596. The average Bonchev–Trinajstić information content (AvgIpc) is 3.47. The standard InChI is InChI=1S/C46H35NO2S/c1-45(2)41-23-13-14-24-43(41)47(34-15-5-3-6-16-34)44-30-27-33(31-42(44)45)46(39-21-11-9-19-37(39)38-20-10-12-22-40(38)46)32-25-28-36(29-26-32)50(48,49)35-17-7-4-8-18-35/h3-31H,1-2H3. The second-order valence-corrected chi connectivity index (χ2v) is 15.7. The summed E-state index contributed by atoms with van der Waals surface area (Å²) in [4.78, 5) is 2.95. The predicted molar refractivity (Wildman–Crippen MR) is 202 cm³/mol. The number of hydrogen-bond donors (Lipinski definition) is 0. The molecule has 2 aliphatic rings. The van der Waals surface area contributed by atoms with E-state index in [1.807, 2.05) is 18.2 Å². The van der Waals surface area contributed by atoms with E-state index in [1.165, 1.54) is 39.1 Å². The Morgan fingerprint density at radius 2 is 0.920 bits per heavy atom. The minimum Gasteiger partial charge on any atom is -0.310 e. The van der Waals surface area contributed by atoms with Crippen molar-refractivity contribution in [3.8, 4) is 11.1 Å². The molecule has 0 fully saturated rings. The average molecular weight is 666 g/mol. The zero-order valence-corrected chi connectivity index (χ0v) is 28.7. The number of fused-ring (bicyclic) bond motifs is 5. The van der Waals surface area contributed by atoms with Crippen molar-refractivity contribution >= 4 is 26.9 Å². The fourth-order valence-electron chi connectivity index (χ4n) is 8.44. The van der Waals surface area contributed by atoms with Crippen LogP contribution in [-0.2, 0) is 20.7 Å². The van der Waals surface area contributed by atoms with Gasteiger partial charge in [0.05, 0.1) is 26.6 Å². The first-order valence-corrected chi connectivity index (χ1v) is 18.5. The summed E-state index contributed by atoms with van der Waals surface area (Å²) in [5.74, 6) is 0. The van der Waals surface area contributed by atoms with E-state index in [9.17, 15) is 8.42 Å². The van der Waals surface area contributed by atoms with Gasteiger partial charge < -0.3 is 4.90 Å². The molecule has 0 atom stereocenters. The van der Waals surface area contributed by atoms with Crippen molar-refractivity contribution in [3.63, 3.8) is 0 Å². The molecule has 0 aromatic heterocycles. The molecule has 0 saturated carbocycles. The normalized spacial score (nSPS) is 15.0. The lowest BCUT2D eigenvalue weighted by Gasteiger charge is -2.43. The highest BCUT2D eigenvalue weighted by Crippen LogP contribution is 2.58. The molecular weight excluding hydrogens is 631 g/mol. The van der Waals surface area contributed by atoms with Gasteiger partial charge in [-0.2, -0.15) is 0 Å². The second kappa shape index (κ2) is 11.2. The van der Waals surface area contributed by atoms with Crippen LogP contribution in [-0.4, -0.2) is 8.42 Å². The minimum absolute atomic E-state index is 0.281. The summed E-state index contributed by atoms with van der Waals surface area (Å²) in [6, 6.07) is 59.9. The molecule has 0 unspecified atom stereocenters. The monoisotopic (exact) mass is 665 g/mol. The van der Waals surface area contributed by atoms with Crippen molar-refractivity contribution in [1.82, 2.24) is 0 Å². The van der Waals surface area contributed by atoms with Crippen LogP contribution < -0.4 is 4.90 Å². The Kier molecular flexibility index (Phi) is 6.78. The summed E-state index contributed by atoms with van der Waals surface area (Å²) in [7, 11) is -3.68. The summed E-state index contributed by atoms with van der Waals surface area (Å²) < 4.78 is 27.4. The zero-order chi connectivity index (χ0) is 34.1.